The van der Waals surface area contributed by atoms with Crippen LogP contribution in [0.2, 0.25) is 0 Å². The zero-order chi connectivity index (χ0) is 23.9. The number of rotatable bonds is 9. The Balaban J connectivity index is 1.15. The van der Waals surface area contributed by atoms with Crippen molar-refractivity contribution in [1.82, 2.24) is 10.2 Å². The molecule has 4 rings (SSSR count). The molecule has 7 nitrogen and oxygen atoms in total. The van der Waals surface area contributed by atoms with Crippen LogP contribution in [0.4, 0.5) is 4.79 Å². The molecule has 2 aliphatic rings. The molecule has 1 aliphatic heterocycles. The van der Waals surface area contributed by atoms with Gasteiger partial charge in [0.05, 0.1) is 0 Å². The zero-order valence-corrected chi connectivity index (χ0v) is 19.4. The molecule has 0 spiro atoms. The number of aliphatic carboxylic acids is 1. The minimum atomic E-state index is -0.807. The van der Waals surface area contributed by atoms with Crippen molar-refractivity contribution in [3.05, 3.63) is 59.7 Å². The van der Waals surface area contributed by atoms with Gasteiger partial charge in [-0.2, -0.15) is 0 Å². The third kappa shape index (κ3) is 5.76. The normalized spacial score (nSPS) is 17.1. The number of nitrogens with zero attached hydrogens (tertiary/aromatic N) is 1. The number of amides is 2. The third-order valence-electron chi connectivity index (χ3n) is 6.77. The van der Waals surface area contributed by atoms with Crippen LogP contribution in [-0.2, 0) is 14.3 Å². The number of carboxylic acid groups (broad SMARTS) is 1. The highest BCUT2D eigenvalue weighted by Gasteiger charge is 2.29. The van der Waals surface area contributed by atoms with Crippen molar-refractivity contribution in [2.24, 2.45) is 5.92 Å². The third-order valence-corrected chi connectivity index (χ3v) is 6.77. The van der Waals surface area contributed by atoms with Gasteiger partial charge in [-0.15, -0.1) is 0 Å². The number of unbranched alkanes of at least 4 members (excludes halogenated alkanes) is 1. The fourth-order valence-electron chi connectivity index (χ4n) is 5.10. The summed E-state index contributed by atoms with van der Waals surface area (Å²) in [4.78, 5) is 37.4. The summed E-state index contributed by atoms with van der Waals surface area (Å²) in [7, 11) is 0. The van der Waals surface area contributed by atoms with Gasteiger partial charge in [-0.3, -0.25) is 9.59 Å². The van der Waals surface area contributed by atoms with Gasteiger partial charge >= 0.3 is 12.1 Å². The average Bonchev–Trinajstić information content (AvgIpc) is 3.16. The minimum absolute atomic E-state index is 0.0327. The van der Waals surface area contributed by atoms with Gasteiger partial charge in [0.2, 0.25) is 5.91 Å². The van der Waals surface area contributed by atoms with Gasteiger partial charge in [-0.05, 0) is 53.9 Å². The van der Waals surface area contributed by atoms with E-state index in [-0.39, 0.29) is 30.8 Å². The van der Waals surface area contributed by atoms with Crippen LogP contribution in [0.1, 0.15) is 55.6 Å². The molecule has 1 heterocycles. The van der Waals surface area contributed by atoms with Gasteiger partial charge < -0.3 is 20.1 Å². The predicted molar refractivity (Wildman–Crippen MR) is 128 cm³/mol. The van der Waals surface area contributed by atoms with Gasteiger partial charge in [0, 0.05) is 38.4 Å². The lowest BCUT2D eigenvalue weighted by atomic mass is 9.94. The van der Waals surface area contributed by atoms with Gasteiger partial charge in [0.25, 0.3) is 0 Å². The molecule has 1 saturated heterocycles. The zero-order valence-electron chi connectivity index (χ0n) is 19.4. The summed E-state index contributed by atoms with van der Waals surface area (Å²) in [5.74, 6) is -0.662. The number of carbonyl (C=O) groups excluding carboxylic acids is 2. The molecule has 2 aromatic rings. The van der Waals surface area contributed by atoms with E-state index in [1.165, 1.54) is 22.3 Å². The molecule has 7 heteroatoms. The molecular weight excluding hydrogens is 432 g/mol. The van der Waals surface area contributed by atoms with E-state index >= 15 is 0 Å². The Morgan fingerprint density at radius 1 is 1.00 bits per heavy atom. The largest absolute Gasteiger partial charge is 0.481 e. The van der Waals surface area contributed by atoms with Crippen LogP contribution in [0.25, 0.3) is 11.1 Å². The number of carboxylic acids is 1. The van der Waals surface area contributed by atoms with Crippen LogP contribution in [0.3, 0.4) is 0 Å². The first kappa shape index (κ1) is 23.8. The SMILES string of the molecule is O=C(O)CC1CCCN(C(=O)CCCCNC(=O)OCC2c3ccccc3-c3ccccc32)C1. The first-order valence-electron chi connectivity index (χ1n) is 12.1. The summed E-state index contributed by atoms with van der Waals surface area (Å²) in [5, 5.41) is 11.8. The number of benzene rings is 2. The summed E-state index contributed by atoms with van der Waals surface area (Å²) in [6.07, 6.45) is 3.15. The first-order valence-corrected chi connectivity index (χ1v) is 12.1. The Bertz CT molecular complexity index is 992. The molecule has 0 bridgehead atoms. The fourth-order valence-corrected chi connectivity index (χ4v) is 5.10. The van der Waals surface area contributed by atoms with Crippen molar-refractivity contribution in [3.8, 4) is 11.1 Å². The molecule has 0 radical (unpaired) electrons. The van der Waals surface area contributed by atoms with Crippen molar-refractivity contribution in [1.29, 1.82) is 0 Å². The van der Waals surface area contributed by atoms with Crippen LogP contribution in [0.15, 0.2) is 48.5 Å². The second-order valence-electron chi connectivity index (χ2n) is 9.16. The van der Waals surface area contributed by atoms with E-state index in [9.17, 15) is 14.4 Å². The molecule has 0 saturated carbocycles. The highest BCUT2D eigenvalue weighted by atomic mass is 16.5. The lowest BCUT2D eigenvalue weighted by molar-refractivity contribution is -0.140. The van der Waals surface area contributed by atoms with E-state index in [2.05, 4.69) is 29.6 Å². The maximum atomic E-state index is 12.4. The quantitative estimate of drug-likeness (QED) is 0.536. The molecule has 1 fully saturated rings. The number of piperidine rings is 1. The molecular formula is C27H32N2O5. The molecule has 1 aliphatic carbocycles. The first-order chi connectivity index (χ1) is 16.5. The summed E-state index contributed by atoms with van der Waals surface area (Å²) >= 11 is 0. The number of fused-ring (bicyclic) bond motifs is 3. The molecule has 180 valence electrons. The van der Waals surface area contributed by atoms with Crippen molar-refractivity contribution < 1.29 is 24.2 Å². The van der Waals surface area contributed by atoms with Gasteiger partial charge in [0.1, 0.15) is 6.61 Å². The lowest BCUT2D eigenvalue weighted by Crippen LogP contribution is -2.40. The van der Waals surface area contributed by atoms with Crippen LogP contribution in [-0.4, -0.2) is 54.2 Å². The summed E-state index contributed by atoms with van der Waals surface area (Å²) < 4.78 is 5.53. The number of nitrogens with one attached hydrogen (secondary N) is 1. The second-order valence-corrected chi connectivity index (χ2v) is 9.16. The van der Waals surface area contributed by atoms with E-state index in [0.29, 0.717) is 38.9 Å². The topological polar surface area (TPSA) is 95.9 Å². The monoisotopic (exact) mass is 464 g/mol. The Morgan fingerprint density at radius 3 is 2.35 bits per heavy atom. The number of likely N-dealkylation sites (tertiary alicyclic amines) is 1. The van der Waals surface area contributed by atoms with Crippen molar-refractivity contribution in [2.45, 2.75) is 44.4 Å². The maximum Gasteiger partial charge on any atom is 0.407 e. The number of hydrogen-bond donors (Lipinski definition) is 2. The van der Waals surface area contributed by atoms with Crippen LogP contribution in [0, 0.1) is 5.92 Å². The van der Waals surface area contributed by atoms with Crippen LogP contribution in [0.5, 0.6) is 0 Å². The maximum absolute atomic E-state index is 12.4. The molecule has 2 amide bonds. The fraction of sp³-hybridized carbons (Fsp3) is 0.444. The van der Waals surface area contributed by atoms with Crippen molar-refractivity contribution in [3.63, 3.8) is 0 Å². The minimum Gasteiger partial charge on any atom is -0.481 e. The number of hydrogen-bond acceptors (Lipinski definition) is 4. The molecule has 1 atom stereocenters. The lowest BCUT2D eigenvalue weighted by Gasteiger charge is -2.32. The van der Waals surface area contributed by atoms with E-state index in [1.54, 1.807) is 4.90 Å². The van der Waals surface area contributed by atoms with Crippen LogP contribution >= 0.6 is 0 Å². The average molecular weight is 465 g/mol. The summed E-state index contributed by atoms with van der Waals surface area (Å²) in [6.45, 7) is 1.96. The highest BCUT2D eigenvalue weighted by Crippen LogP contribution is 2.44. The van der Waals surface area contributed by atoms with Crippen LogP contribution < -0.4 is 5.32 Å². The van der Waals surface area contributed by atoms with E-state index in [4.69, 9.17) is 9.84 Å². The molecule has 2 aromatic carbocycles. The van der Waals surface area contributed by atoms with E-state index in [1.807, 2.05) is 24.3 Å². The molecule has 0 aromatic heterocycles. The summed E-state index contributed by atoms with van der Waals surface area (Å²) in [5.41, 5.74) is 4.75. The summed E-state index contributed by atoms with van der Waals surface area (Å²) in [6, 6.07) is 16.4. The van der Waals surface area contributed by atoms with Crippen molar-refractivity contribution >= 4 is 18.0 Å². The second kappa shape index (κ2) is 11.2. The molecule has 2 N–H and O–H groups in total. The Labute approximate surface area is 200 Å². The molecule has 34 heavy (non-hydrogen) atoms. The number of ether oxygens (including phenoxy) is 1. The number of carbonyl (C=O) groups is 3. The Kier molecular flexibility index (Phi) is 7.83. The Hall–Kier alpha value is -3.35. The predicted octanol–water partition coefficient (Wildman–Crippen LogP) is 4.41. The number of alkyl carbamates (subject to hydrolysis) is 1. The smallest absolute Gasteiger partial charge is 0.407 e. The van der Waals surface area contributed by atoms with E-state index in [0.717, 1.165) is 12.8 Å². The Morgan fingerprint density at radius 2 is 1.68 bits per heavy atom. The standard InChI is InChI=1S/C27H32N2O5/c30-25(29-15-7-8-19(17-29)16-26(31)32)13-5-6-14-28-27(33)34-18-24-22-11-3-1-9-20(22)21-10-2-4-12-23(21)24/h1-4,9-12,19,24H,5-8,13-18H2,(H,28,33)(H,31,32). The van der Waals surface area contributed by atoms with Crippen molar-refractivity contribution in [2.75, 3.05) is 26.2 Å². The van der Waals surface area contributed by atoms with Gasteiger partial charge in [-0.25, -0.2) is 4.79 Å². The van der Waals surface area contributed by atoms with Gasteiger partial charge in [0.15, 0.2) is 0 Å². The van der Waals surface area contributed by atoms with E-state index < -0.39 is 12.1 Å². The molecule has 1 unspecified atom stereocenters. The highest BCUT2D eigenvalue weighted by molar-refractivity contribution is 5.79. The van der Waals surface area contributed by atoms with Gasteiger partial charge in [-0.1, -0.05) is 48.5 Å².